The summed E-state index contributed by atoms with van der Waals surface area (Å²) >= 11 is 1.81. The number of rotatable bonds is 6. The highest BCUT2D eigenvalue weighted by Crippen LogP contribution is 2.38. The average Bonchev–Trinajstić information content (AvgIpc) is 3.10. The van der Waals surface area contributed by atoms with Gasteiger partial charge in [-0.25, -0.2) is 8.78 Å². The zero-order valence-electron chi connectivity index (χ0n) is 20.0. The van der Waals surface area contributed by atoms with Crippen molar-refractivity contribution in [1.82, 2.24) is 4.90 Å². The molecule has 0 aromatic heterocycles. The normalized spacial score (nSPS) is 21.3. The number of nitrogens with zero attached hydrogens (tertiary/aromatic N) is 1. The van der Waals surface area contributed by atoms with Gasteiger partial charge in [-0.2, -0.15) is 0 Å². The van der Waals surface area contributed by atoms with Crippen molar-refractivity contribution < 1.29 is 18.3 Å². The number of thioether (sulfide) groups is 1. The SMILES string of the molecule is Cc1ccc(SCc2ccc(C(=O)N3C4CCC3CC(Oc3ccc(F)cc3F)C4)cc2)c(C)c1. The third kappa shape index (κ3) is 5.22. The molecule has 0 radical (unpaired) electrons. The predicted octanol–water partition coefficient (Wildman–Crippen LogP) is 7.09. The topological polar surface area (TPSA) is 29.5 Å². The lowest BCUT2D eigenvalue weighted by atomic mass is 9.98. The summed E-state index contributed by atoms with van der Waals surface area (Å²) in [6.45, 7) is 4.24. The molecule has 2 saturated heterocycles. The number of halogens is 2. The van der Waals surface area contributed by atoms with E-state index in [-0.39, 0.29) is 29.8 Å². The Morgan fingerprint density at radius 1 is 0.971 bits per heavy atom. The van der Waals surface area contributed by atoms with Crippen LogP contribution in [-0.2, 0) is 5.75 Å². The number of aryl methyl sites for hydroxylation is 2. The van der Waals surface area contributed by atoms with E-state index in [1.54, 1.807) is 0 Å². The minimum Gasteiger partial charge on any atom is -0.487 e. The Hall–Kier alpha value is -2.86. The van der Waals surface area contributed by atoms with E-state index in [4.69, 9.17) is 4.74 Å². The molecular weight excluding hydrogens is 464 g/mol. The first kappa shape index (κ1) is 23.9. The molecule has 0 saturated carbocycles. The largest absolute Gasteiger partial charge is 0.487 e. The fourth-order valence-electron chi connectivity index (χ4n) is 5.32. The van der Waals surface area contributed by atoms with E-state index >= 15 is 0 Å². The van der Waals surface area contributed by atoms with Crippen LogP contribution in [-0.4, -0.2) is 29.0 Å². The van der Waals surface area contributed by atoms with Gasteiger partial charge in [0.1, 0.15) is 11.9 Å². The molecule has 1 amide bonds. The van der Waals surface area contributed by atoms with Crippen molar-refractivity contribution in [3.8, 4) is 5.75 Å². The summed E-state index contributed by atoms with van der Waals surface area (Å²) in [6.07, 6.45) is 2.98. The quantitative estimate of drug-likeness (QED) is 0.343. The molecule has 5 rings (SSSR count). The molecule has 2 heterocycles. The van der Waals surface area contributed by atoms with Crippen molar-refractivity contribution in [1.29, 1.82) is 0 Å². The Labute approximate surface area is 209 Å². The zero-order chi connectivity index (χ0) is 24.5. The second kappa shape index (κ2) is 10.0. The minimum absolute atomic E-state index is 0.0532. The third-order valence-corrected chi connectivity index (χ3v) is 8.28. The van der Waals surface area contributed by atoms with Crippen LogP contribution >= 0.6 is 11.8 Å². The molecule has 182 valence electrons. The van der Waals surface area contributed by atoms with E-state index in [9.17, 15) is 13.6 Å². The molecule has 3 aromatic carbocycles. The minimum atomic E-state index is -0.688. The summed E-state index contributed by atoms with van der Waals surface area (Å²) < 4.78 is 33.1. The van der Waals surface area contributed by atoms with Crippen LogP contribution in [0.2, 0.25) is 0 Å². The predicted molar refractivity (Wildman–Crippen MR) is 135 cm³/mol. The van der Waals surface area contributed by atoms with Gasteiger partial charge in [0.15, 0.2) is 11.6 Å². The van der Waals surface area contributed by atoms with Gasteiger partial charge in [0.05, 0.1) is 0 Å². The van der Waals surface area contributed by atoms with Crippen molar-refractivity contribution in [3.05, 3.63) is 94.6 Å². The summed E-state index contributed by atoms with van der Waals surface area (Å²) in [5.41, 5.74) is 4.43. The molecule has 0 spiro atoms. The van der Waals surface area contributed by atoms with E-state index < -0.39 is 11.6 Å². The maximum Gasteiger partial charge on any atom is 0.254 e. The first-order valence-electron chi connectivity index (χ1n) is 12.1. The highest BCUT2D eigenvalue weighted by molar-refractivity contribution is 7.98. The summed E-state index contributed by atoms with van der Waals surface area (Å²) in [5.74, 6) is -0.328. The number of fused-ring (bicyclic) bond motifs is 2. The molecule has 2 unspecified atom stereocenters. The van der Waals surface area contributed by atoms with Crippen LogP contribution < -0.4 is 4.74 Å². The molecule has 2 aliphatic heterocycles. The van der Waals surface area contributed by atoms with Crippen LogP contribution in [0.15, 0.2) is 65.6 Å². The summed E-state index contributed by atoms with van der Waals surface area (Å²) in [6, 6.07) is 18.0. The lowest BCUT2D eigenvalue weighted by molar-refractivity contribution is 0.0349. The Morgan fingerprint density at radius 2 is 1.69 bits per heavy atom. The van der Waals surface area contributed by atoms with Gasteiger partial charge >= 0.3 is 0 Å². The van der Waals surface area contributed by atoms with E-state index in [0.717, 1.165) is 24.7 Å². The van der Waals surface area contributed by atoms with Crippen molar-refractivity contribution in [2.24, 2.45) is 0 Å². The highest BCUT2D eigenvalue weighted by Gasteiger charge is 2.44. The smallest absolute Gasteiger partial charge is 0.254 e. The van der Waals surface area contributed by atoms with Crippen LogP contribution in [0.5, 0.6) is 5.75 Å². The van der Waals surface area contributed by atoms with Crippen LogP contribution in [0.1, 0.15) is 52.7 Å². The molecule has 3 aromatic rings. The Kier molecular flexibility index (Phi) is 6.83. The fourth-order valence-corrected chi connectivity index (χ4v) is 6.29. The lowest BCUT2D eigenvalue weighted by Gasteiger charge is -2.39. The van der Waals surface area contributed by atoms with Crippen LogP contribution in [0.4, 0.5) is 8.78 Å². The number of piperidine rings is 1. The maximum atomic E-state index is 14.0. The van der Waals surface area contributed by atoms with Gasteiger partial charge in [0.25, 0.3) is 5.91 Å². The van der Waals surface area contributed by atoms with E-state index in [1.165, 1.54) is 33.7 Å². The van der Waals surface area contributed by atoms with Crippen LogP contribution in [0.25, 0.3) is 0 Å². The number of carbonyl (C=O) groups is 1. The van der Waals surface area contributed by atoms with Gasteiger partial charge in [-0.1, -0.05) is 29.8 Å². The molecule has 3 nitrogen and oxygen atoms in total. The van der Waals surface area contributed by atoms with Gasteiger partial charge in [-0.3, -0.25) is 4.79 Å². The monoisotopic (exact) mass is 493 g/mol. The van der Waals surface area contributed by atoms with Gasteiger partial charge in [-0.15, -0.1) is 11.8 Å². The van der Waals surface area contributed by atoms with Gasteiger partial charge < -0.3 is 9.64 Å². The third-order valence-electron chi connectivity index (χ3n) is 7.04. The van der Waals surface area contributed by atoms with Crippen LogP contribution in [0.3, 0.4) is 0 Å². The number of amides is 1. The van der Waals surface area contributed by atoms with Gasteiger partial charge in [-0.05, 0) is 68.1 Å². The molecule has 6 heteroatoms. The Bertz CT molecular complexity index is 1220. The van der Waals surface area contributed by atoms with E-state index in [1.807, 2.05) is 40.9 Å². The first-order valence-corrected chi connectivity index (χ1v) is 13.1. The number of benzene rings is 3. The van der Waals surface area contributed by atoms with Gasteiger partial charge in [0, 0.05) is 47.2 Å². The lowest BCUT2D eigenvalue weighted by Crippen LogP contribution is -2.49. The standard InChI is InChI=1S/C29H29F2NO2S/c1-18-3-12-28(19(2)13-18)35-17-20-4-6-21(7-5-20)29(33)32-23-9-10-24(32)16-25(15-23)34-27-11-8-22(30)14-26(27)31/h3-8,11-14,23-25H,9-10,15-17H2,1-2H3. The second-order valence-corrected chi connectivity index (χ2v) is 10.7. The van der Waals surface area contributed by atoms with Gasteiger partial charge in [0.2, 0.25) is 0 Å². The maximum absolute atomic E-state index is 14.0. The van der Waals surface area contributed by atoms with E-state index in [2.05, 4.69) is 32.0 Å². The van der Waals surface area contributed by atoms with E-state index in [0.29, 0.717) is 18.4 Å². The summed E-state index contributed by atoms with van der Waals surface area (Å²) in [5, 5.41) is 0. The van der Waals surface area contributed by atoms with Crippen molar-refractivity contribution in [2.75, 3.05) is 0 Å². The average molecular weight is 494 g/mol. The molecule has 0 N–H and O–H groups in total. The van der Waals surface area contributed by atoms with Crippen molar-refractivity contribution >= 4 is 17.7 Å². The molecule has 2 fully saturated rings. The highest BCUT2D eigenvalue weighted by atomic mass is 32.2. The number of hydrogen-bond acceptors (Lipinski definition) is 3. The Morgan fingerprint density at radius 3 is 2.34 bits per heavy atom. The molecule has 2 atom stereocenters. The number of hydrogen-bond donors (Lipinski definition) is 0. The Balaban J connectivity index is 1.20. The summed E-state index contributed by atoms with van der Waals surface area (Å²) in [7, 11) is 0. The second-order valence-electron chi connectivity index (χ2n) is 9.64. The zero-order valence-corrected chi connectivity index (χ0v) is 20.8. The molecule has 2 bridgehead atoms. The summed E-state index contributed by atoms with van der Waals surface area (Å²) in [4.78, 5) is 16.6. The fraction of sp³-hybridized carbons (Fsp3) is 0.345. The number of ether oxygens (including phenoxy) is 1. The van der Waals surface area contributed by atoms with Crippen molar-refractivity contribution in [2.45, 2.75) is 68.4 Å². The molecule has 35 heavy (non-hydrogen) atoms. The molecule has 0 aliphatic carbocycles. The first-order chi connectivity index (χ1) is 16.9. The molecular formula is C29H29F2NO2S. The number of carbonyl (C=O) groups excluding carboxylic acids is 1. The van der Waals surface area contributed by atoms with Crippen molar-refractivity contribution in [3.63, 3.8) is 0 Å². The van der Waals surface area contributed by atoms with Crippen LogP contribution in [0, 0.1) is 25.5 Å². The molecule has 2 aliphatic rings.